The maximum atomic E-state index is 11.6. The van der Waals surface area contributed by atoms with E-state index in [0.717, 1.165) is 0 Å². The summed E-state index contributed by atoms with van der Waals surface area (Å²) in [6.45, 7) is 1.36. The van der Waals surface area contributed by atoms with Crippen molar-refractivity contribution >= 4 is 24.2 Å². The standard InChI is InChI=1S/C13H19N3O2.ClH/c14-8-4-7-12(17)15-9-10-16-13(18)11-5-2-1-3-6-11;/h1-3,5-6H,4,7-10,14H2,(H,15,17)(H,16,18);1H. The molecule has 0 heterocycles. The van der Waals surface area contributed by atoms with Crippen LogP contribution in [0, 0.1) is 0 Å². The molecular formula is C13H20ClN3O2. The average molecular weight is 286 g/mol. The molecule has 0 fully saturated rings. The first-order chi connectivity index (χ1) is 8.74. The maximum absolute atomic E-state index is 11.6. The van der Waals surface area contributed by atoms with Gasteiger partial charge in [-0.05, 0) is 25.1 Å². The predicted molar refractivity (Wildman–Crippen MR) is 77.3 cm³/mol. The number of halogens is 1. The Balaban J connectivity index is 0.00000324. The van der Waals surface area contributed by atoms with Crippen LogP contribution >= 0.6 is 12.4 Å². The molecule has 106 valence electrons. The highest BCUT2D eigenvalue weighted by molar-refractivity contribution is 5.94. The van der Waals surface area contributed by atoms with Crippen LogP contribution in [0.4, 0.5) is 0 Å². The molecule has 0 aliphatic carbocycles. The van der Waals surface area contributed by atoms with Gasteiger partial charge >= 0.3 is 0 Å². The third-order valence-corrected chi connectivity index (χ3v) is 2.38. The van der Waals surface area contributed by atoms with Crippen LogP contribution in [0.25, 0.3) is 0 Å². The van der Waals surface area contributed by atoms with Crippen molar-refractivity contribution in [3.63, 3.8) is 0 Å². The van der Waals surface area contributed by atoms with Crippen molar-refractivity contribution in [1.29, 1.82) is 0 Å². The molecule has 0 atom stereocenters. The minimum absolute atomic E-state index is 0. The van der Waals surface area contributed by atoms with Crippen molar-refractivity contribution in [2.75, 3.05) is 19.6 Å². The number of hydrogen-bond acceptors (Lipinski definition) is 3. The van der Waals surface area contributed by atoms with Gasteiger partial charge in [0, 0.05) is 25.1 Å². The van der Waals surface area contributed by atoms with E-state index in [9.17, 15) is 9.59 Å². The van der Waals surface area contributed by atoms with E-state index >= 15 is 0 Å². The van der Waals surface area contributed by atoms with Crippen molar-refractivity contribution < 1.29 is 9.59 Å². The highest BCUT2D eigenvalue weighted by Gasteiger charge is 2.03. The molecule has 1 rings (SSSR count). The van der Waals surface area contributed by atoms with Gasteiger partial charge in [-0.25, -0.2) is 0 Å². The van der Waals surface area contributed by atoms with Gasteiger partial charge in [-0.2, -0.15) is 0 Å². The summed E-state index contributed by atoms with van der Waals surface area (Å²) in [5, 5.41) is 5.45. The second-order valence-electron chi connectivity index (χ2n) is 3.86. The summed E-state index contributed by atoms with van der Waals surface area (Å²) in [6.07, 6.45) is 1.12. The molecule has 0 radical (unpaired) electrons. The molecule has 1 aromatic rings. The van der Waals surface area contributed by atoms with Crippen LogP contribution in [0.1, 0.15) is 23.2 Å². The van der Waals surface area contributed by atoms with E-state index in [0.29, 0.717) is 38.0 Å². The number of rotatable bonds is 7. The van der Waals surface area contributed by atoms with Crippen molar-refractivity contribution in [2.24, 2.45) is 5.73 Å². The normalized spacial score (nSPS) is 9.32. The lowest BCUT2D eigenvalue weighted by Crippen LogP contribution is -2.34. The van der Waals surface area contributed by atoms with E-state index < -0.39 is 0 Å². The summed E-state index contributed by atoms with van der Waals surface area (Å²) >= 11 is 0. The van der Waals surface area contributed by atoms with Crippen LogP contribution < -0.4 is 16.4 Å². The molecule has 0 aliphatic heterocycles. The molecule has 5 nitrogen and oxygen atoms in total. The zero-order chi connectivity index (χ0) is 13.2. The summed E-state index contributed by atoms with van der Waals surface area (Å²) in [7, 11) is 0. The number of benzene rings is 1. The molecule has 0 spiro atoms. The molecule has 0 aromatic heterocycles. The first-order valence-electron chi connectivity index (χ1n) is 6.04. The average Bonchev–Trinajstić information content (AvgIpc) is 2.42. The Kier molecular flexibility index (Phi) is 9.48. The van der Waals surface area contributed by atoms with Crippen LogP contribution in [0.2, 0.25) is 0 Å². The van der Waals surface area contributed by atoms with Gasteiger partial charge in [-0.1, -0.05) is 18.2 Å². The molecule has 0 saturated carbocycles. The van der Waals surface area contributed by atoms with Gasteiger partial charge in [-0.15, -0.1) is 12.4 Å². The van der Waals surface area contributed by atoms with Gasteiger partial charge in [0.05, 0.1) is 0 Å². The van der Waals surface area contributed by atoms with Crippen molar-refractivity contribution in [3.8, 4) is 0 Å². The second kappa shape index (κ2) is 10.3. The smallest absolute Gasteiger partial charge is 0.251 e. The fraction of sp³-hybridized carbons (Fsp3) is 0.385. The van der Waals surface area contributed by atoms with E-state index in [4.69, 9.17) is 5.73 Å². The summed E-state index contributed by atoms with van der Waals surface area (Å²) in [6, 6.07) is 8.96. The van der Waals surface area contributed by atoms with Gasteiger partial charge in [0.25, 0.3) is 5.91 Å². The largest absolute Gasteiger partial charge is 0.354 e. The van der Waals surface area contributed by atoms with Gasteiger partial charge in [-0.3, -0.25) is 9.59 Å². The predicted octanol–water partition coefficient (Wildman–Crippen LogP) is 0.693. The van der Waals surface area contributed by atoms with Crippen LogP contribution in [-0.2, 0) is 4.79 Å². The Morgan fingerprint density at radius 2 is 1.68 bits per heavy atom. The van der Waals surface area contributed by atoms with E-state index in [1.54, 1.807) is 12.1 Å². The van der Waals surface area contributed by atoms with Crippen molar-refractivity contribution in [2.45, 2.75) is 12.8 Å². The third kappa shape index (κ3) is 7.43. The summed E-state index contributed by atoms with van der Waals surface area (Å²) in [5.74, 6) is -0.166. The second-order valence-corrected chi connectivity index (χ2v) is 3.86. The SMILES string of the molecule is Cl.NCCCC(=O)NCCNC(=O)c1ccccc1. The molecular weight excluding hydrogens is 266 g/mol. The first kappa shape index (κ1) is 17.4. The summed E-state index contributed by atoms with van der Waals surface area (Å²) < 4.78 is 0. The third-order valence-electron chi connectivity index (χ3n) is 2.38. The lowest BCUT2D eigenvalue weighted by molar-refractivity contribution is -0.121. The van der Waals surface area contributed by atoms with Crippen LogP contribution in [0.15, 0.2) is 30.3 Å². The zero-order valence-corrected chi connectivity index (χ0v) is 11.5. The number of amides is 2. The fourth-order valence-corrected chi connectivity index (χ4v) is 1.42. The summed E-state index contributed by atoms with van der Waals surface area (Å²) in [4.78, 5) is 22.9. The van der Waals surface area contributed by atoms with Crippen LogP contribution in [0.5, 0.6) is 0 Å². The Morgan fingerprint density at radius 1 is 1.05 bits per heavy atom. The minimum atomic E-state index is -0.133. The topological polar surface area (TPSA) is 84.2 Å². The summed E-state index contributed by atoms with van der Waals surface area (Å²) in [5.41, 5.74) is 5.92. The fourth-order valence-electron chi connectivity index (χ4n) is 1.42. The molecule has 1 aromatic carbocycles. The Bertz CT molecular complexity index is 385. The molecule has 0 saturated heterocycles. The zero-order valence-electron chi connectivity index (χ0n) is 10.7. The number of carbonyl (C=O) groups excluding carboxylic acids is 2. The van der Waals surface area contributed by atoms with Gasteiger partial charge in [0.15, 0.2) is 0 Å². The van der Waals surface area contributed by atoms with Crippen molar-refractivity contribution in [3.05, 3.63) is 35.9 Å². The Morgan fingerprint density at radius 3 is 2.32 bits per heavy atom. The molecule has 4 N–H and O–H groups in total. The van der Waals surface area contributed by atoms with Crippen molar-refractivity contribution in [1.82, 2.24) is 10.6 Å². The monoisotopic (exact) mass is 285 g/mol. The van der Waals surface area contributed by atoms with Gasteiger partial charge < -0.3 is 16.4 Å². The van der Waals surface area contributed by atoms with Gasteiger partial charge in [0.1, 0.15) is 0 Å². The number of nitrogens with one attached hydrogen (secondary N) is 2. The van der Waals surface area contributed by atoms with E-state index in [1.165, 1.54) is 0 Å². The number of hydrogen-bond donors (Lipinski definition) is 3. The van der Waals surface area contributed by atoms with Crippen LogP contribution in [-0.4, -0.2) is 31.4 Å². The molecule has 0 aliphatic rings. The quantitative estimate of drug-likeness (QED) is 0.645. The first-order valence-corrected chi connectivity index (χ1v) is 6.04. The highest BCUT2D eigenvalue weighted by Crippen LogP contribution is 1.96. The Labute approximate surface area is 119 Å². The number of carbonyl (C=O) groups is 2. The molecule has 2 amide bonds. The molecule has 19 heavy (non-hydrogen) atoms. The van der Waals surface area contributed by atoms with E-state index in [2.05, 4.69) is 10.6 Å². The van der Waals surface area contributed by atoms with Crippen LogP contribution in [0.3, 0.4) is 0 Å². The van der Waals surface area contributed by atoms with E-state index in [1.807, 2.05) is 18.2 Å². The number of nitrogens with two attached hydrogens (primary N) is 1. The Hall–Kier alpha value is -1.59. The molecule has 6 heteroatoms. The van der Waals surface area contributed by atoms with Gasteiger partial charge in [0.2, 0.25) is 5.91 Å². The lowest BCUT2D eigenvalue weighted by atomic mass is 10.2. The molecule has 0 unspecified atom stereocenters. The minimum Gasteiger partial charge on any atom is -0.354 e. The lowest BCUT2D eigenvalue weighted by Gasteiger charge is -2.06. The molecule has 0 bridgehead atoms. The maximum Gasteiger partial charge on any atom is 0.251 e. The highest BCUT2D eigenvalue weighted by atomic mass is 35.5. The van der Waals surface area contributed by atoms with E-state index in [-0.39, 0.29) is 24.2 Å².